The van der Waals surface area contributed by atoms with E-state index in [9.17, 15) is 0 Å². The zero-order chi connectivity index (χ0) is 6.81. The van der Waals surface area contributed by atoms with Crippen molar-refractivity contribution < 1.29 is 0 Å². The van der Waals surface area contributed by atoms with Crippen molar-refractivity contribution in [2.24, 2.45) is 15.0 Å². The second-order valence-electron chi connectivity index (χ2n) is 2.12. The third-order valence-electron chi connectivity index (χ3n) is 1.44. The minimum absolute atomic E-state index is 0.0775. The first-order chi connectivity index (χ1) is 4.97. The highest BCUT2D eigenvalue weighted by atomic mass is 15.4. The van der Waals surface area contributed by atoms with Gasteiger partial charge in [0.15, 0.2) is 6.34 Å². The molecule has 4 nitrogen and oxygen atoms in total. The van der Waals surface area contributed by atoms with Crippen molar-refractivity contribution in [3.8, 4) is 0 Å². The minimum Gasteiger partial charge on any atom is -0.311 e. The van der Waals surface area contributed by atoms with Gasteiger partial charge in [0.05, 0.1) is 6.54 Å². The fourth-order valence-electron chi connectivity index (χ4n) is 0.946. The van der Waals surface area contributed by atoms with E-state index in [1.165, 1.54) is 0 Å². The molecule has 0 aromatic carbocycles. The Morgan fingerprint density at radius 3 is 2.80 bits per heavy atom. The molecule has 2 rings (SSSR count). The molecule has 0 N–H and O–H groups in total. The van der Waals surface area contributed by atoms with E-state index < -0.39 is 0 Å². The molecule has 10 heavy (non-hydrogen) atoms. The first kappa shape index (κ1) is 5.58. The lowest BCUT2D eigenvalue weighted by Crippen LogP contribution is -2.28. The van der Waals surface area contributed by atoms with Gasteiger partial charge in [-0.3, -0.25) is 4.99 Å². The molecule has 0 saturated heterocycles. The van der Waals surface area contributed by atoms with Crippen molar-refractivity contribution in [3.63, 3.8) is 0 Å². The zero-order valence-electron chi connectivity index (χ0n) is 5.44. The molecular weight excluding hydrogens is 128 g/mol. The molecule has 4 heteroatoms. The van der Waals surface area contributed by atoms with Crippen LogP contribution in [0.2, 0.25) is 0 Å². The van der Waals surface area contributed by atoms with Crippen LogP contribution in [0.5, 0.6) is 0 Å². The van der Waals surface area contributed by atoms with Crippen LogP contribution in [0.15, 0.2) is 15.0 Å². The molecule has 2 aliphatic heterocycles. The highest BCUT2D eigenvalue weighted by molar-refractivity contribution is 6.17. The van der Waals surface area contributed by atoms with Gasteiger partial charge in [-0.25, -0.2) is 9.98 Å². The summed E-state index contributed by atoms with van der Waals surface area (Å²) in [7, 11) is 0. The molecule has 51 valence electrons. The first-order valence-electron chi connectivity index (χ1n) is 3.20. The van der Waals surface area contributed by atoms with E-state index in [1.807, 2.05) is 4.90 Å². The molecule has 2 aliphatic rings. The molecule has 0 aliphatic carbocycles. The zero-order valence-corrected chi connectivity index (χ0v) is 5.44. The van der Waals surface area contributed by atoms with E-state index >= 15 is 0 Å². The number of aliphatic imine (C=N–C) groups is 3. The van der Waals surface area contributed by atoms with Crippen LogP contribution >= 0.6 is 0 Å². The van der Waals surface area contributed by atoms with Gasteiger partial charge in [-0.2, -0.15) is 0 Å². The summed E-state index contributed by atoms with van der Waals surface area (Å²) in [5, 5.41) is 0. The molecule has 0 amide bonds. The van der Waals surface area contributed by atoms with Crippen LogP contribution in [-0.2, 0) is 0 Å². The predicted octanol–water partition coefficient (Wildman–Crippen LogP) is -0.354. The number of hydrogen-bond donors (Lipinski definition) is 0. The monoisotopic (exact) mass is 135 g/mol. The maximum atomic E-state index is 4.07. The first-order valence-corrected chi connectivity index (χ1v) is 3.20. The van der Waals surface area contributed by atoms with Gasteiger partial charge in [0.25, 0.3) is 0 Å². The second kappa shape index (κ2) is 2.21. The van der Waals surface area contributed by atoms with E-state index in [4.69, 9.17) is 0 Å². The number of hydrogen-bond acceptors (Lipinski definition) is 4. The molecule has 1 radical (unpaired) electrons. The van der Waals surface area contributed by atoms with Crippen molar-refractivity contribution in [2.45, 2.75) is 6.29 Å². The lowest BCUT2D eigenvalue weighted by Gasteiger charge is -2.14. The van der Waals surface area contributed by atoms with Crippen LogP contribution in [0.3, 0.4) is 0 Å². The normalized spacial score (nSPS) is 23.4. The molecule has 0 saturated carbocycles. The Hall–Kier alpha value is -1.19. The van der Waals surface area contributed by atoms with Crippen LogP contribution in [0.4, 0.5) is 0 Å². The fourth-order valence-corrected chi connectivity index (χ4v) is 0.946. The predicted molar refractivity (Wildman–Crippen MR) is 39.8 cm³/mol. The fraction of sp³-hybridized carbons (Fsp3) is 0.500. The summed E-state index contributed by atoms with van der Waals surface area (Å²) in [4.78, 5) is 14.0. The maximum absolute atomic E-state index is 4.07. The molecule has 0 spiro atoms. The molecule has 0 unspecified atom stereocenters. The summed E-state index contributed by atoms with van der Waals surface area (Å²) in [6.45, 7) is 1.71. The van der Waals surface area contributed by atoms with Crippen molar-refractivity contribution in [2.75, 3.05) is 13.1 Å². The van der Waals surface area contributed by atoms with Gasteiger partial charge in [-0.05, 0) is 0 Å². The number of nitrogens with zero attached hydrogens (tertiary/aromatic N) is 4. The van der Waals surface area contributed by atoms with Crippen molar-refractivity contribution in [3.05, 3.63) is 0 Å². The van der Waals surface area contributed by atoms with E-state index in [-0.39, 0.29) is 6.29 Å². The standard InChI is InChI=1S/C6H7N4/c1-2-9-6(8-1)10-4-3-7-5-10/h1-2,6H,3-4H2. The second-order valence-corrected chi connectivity index (χ2v) is 2.12. The van der Waals surface area contributed by atoms with Crippen LogP contribution < -0.4 is 0 Å². The van der Waals surface area contributed by atoms with Gasteiger partial charge in [0.1, 0.15) is 0 Å². The van der Waals surface area contributed by atoms with Crippen LogP contribution in [0.25, 0.3) is 0 Å². The van der Waals surface area contributed by atoms with Gasteiger partial charge in [0, 0.05) is 19.0 Å². The molecule has 2 heterocycles. The highest BCUT2D eigenvalue weighted by Crippen LogP contribution is 2.05. The average Bonchev–Trinajstić information content (AvgIpc) is 2.59. The number of rotatable bonds is 1. The van der Waals surface area contributed by atoms with Crippen molar-refractivity contribution in [1.29, 1.82) is 0 Å². The maximum Gasteiger partial charge on any atom is 0.217 e. The van der Waals surface area contributed by atoms with Crippen molar-refractivity contribution >= 4 is 18.8 Å². The van der Waals surface area contributed by atoms with Crippen LogP contribution in [0, 0.1) is 0 Å². The molecule has 0 fully saturated rings. The molecule has 0 atom stereocenters. The Labute approximate surface area is 59.0 Å². The van der Waals surface area contributed by atoms with Crippen LogP contribution in [-0.4, -0.2) is 43.0 Å². The summed E-state index contributed by atoms with van der Waals surface area (Å²) in [6, 6.07) is 0. The van der Waals surface area contributed by atoms with Crippen molar-refractivity contribution in [1.82, 2.24) is 4.90 Å². The topological polar surface area (TPSA) is 40.3 Å². The summed E-state index contributed by atoms with van der Waals surface area (Å²) in [5.41, 5.74) is 0. The van der Waals surface area contributed by atoms with E-state index in [0.717, 1.165) is 13.1 Å². The summed E-state index contributed by atoms with van der Waals surface area (Å²) in [6.07, 6.45) is 6.15. The Morgan fingerprint density at radius 1 is 1.40 bits per heavy atom. The van der Waals surface area contributed by atoms with Gasteiger partial charge in [-0.1, -0.05) is 0 Å². The molecule has 0 aromatic heterocycles. The molecular formula is C6H7N4. The van der Waals surface area contributed by atoms with Crippen LogP contribution in [0.1, 0.15) is 0 Å². The molecule has 0 aromatic rings. The Morgan fingerprint density at radius 2 is 2.20 bits per heavy atom. The Kier molecular flexibility index (Phi) is 1.23. The third-order valence-corrected chi connectivity index (χ3v) is 1.44. The minimum atomic E-state index is -0.0775. The lowest BCUT2D eigenvalue weighted by atomic mass is 10.6. The molecule has 0 bridgehead atoms. The summed E-state index contributed by atoms with van der Waals surface area (Å²) in [5.74, 6) is 0. The smallest absolute Gasteiger partial charge is 0.217 e. The highest BCUT2D eigenvalue weighted by Gasteiger charge is 2.16. The van der Waals surface area contributed by atoms with E-state index in [2.05, 4.69) is 21.3 Å². The lowest BCUT2D eigenvalue weighted by molar-refractivity contribution is 0.370. The quantitative estimate of drug-likeness (QED) is 0.484. The summed E-state index contributed by atoms with van der Waals surface area (Å²) >= 11 is 0. The van der Waals surface area contributed by atoms with E-state index in [0.29, 0.717) is 0 Å². The van der Waals surface area contributed by atoms with Gasteiger partial charge in [0.2, 0.25) is 6.29 Å². The van der Waals surface area contributed by atoms with Gasteiger partial charge < -0.3 is 4.90 Å². The largest absolute Gasteiger partial charge is 0.311 e. The Bertz CT molecular complexity index is 194. The summed E-state index contributed by atoms with van der Waals surface area (Å²) < 4.78 is 0. The van der Waals surface area contributed by atoms with Gasteiger partial charge >= 0.3 is 0 Å². The SMILES string of the molecule is [C]1=NCCN1C1N=CC=N1. The Balaban J connectivity index is 2.05. The van der Waals surface area contributed by atoms with Gasteiger partial charge in [-0.15, -0.1) is 0 Å². The van der Waals surface area contributed by atoms with E-state index in [1.54, 1.807) is 12.4 Å². The average molecular weight is 135 g/mol. The third kappa shape index (κ3) is 0.814.